The Labute approximate surface area is 110 Å². The van der Waals surface area contributed by atoms with E-state index in [9.17, 15) is 4.79 Å². The molecular formula is C10H9N5OS2. The molecule has 3 heterocycles. The van der Waals surface area contributed by atoms with Gasteiger partial charge in [-0.3, -0.25) is 4.79 Å². The first-order chi connectivity index (χ1) is 8.81. The average Bonchev–Trinajstić information content (AvgIpc) is 3.01. The summed E-state index contributed by atoms with van der Waals surface area (Å²) in [6, 6.07) is 3.89. The number of carbonyl (C=O) groups is 1. The van der Waals surface area contributed by atoms with Crippen LogP contribution >= 0.6 is 22.7 Å². The molecule has 6 nitrogen and oxygen atoms in total. The zero-order valence-corrected chi connectivity index (χ0v) is 10.9. The van der Waals surface area contributed by atoms with Crippen molar-refractivity contribution in [2.75, 3.05) is 0 Å². The lowest BCUT2D eigenvalue weighted by atomic mass is 10.3. The zero-order valence-electron chi connectivity index (χ0n) is 9.24. The fourth-order valence-electron chi connectivity index (χ4n) is 1.48. The highest BCUT2D eigenvalue weighted by molar-refractivity contribution is 7.16. The molecule has 0 fully saturated rings. The predicted molar refractivity (Wildman–Crippen MR) is 68.5 cm³/mol. The second-order valence-electron chi connectivity index (χ2n) is 3.59. The van der Waals surface area contributed by atoms with Crippen LogP contribution in [0, 0.1) is 0 Å². The number of aromatic nitrogens is 4. The topological polar surface area (TPSA) is 72.2 Å². The van der Waals surface area contributed by atoms with E-state index in [1.807, 2.05) is 17.5 Å². The number of amides is 1. The Morgan fingerprint density at radius 3 is 3.22 bits per heavy atom. The van der Waals surface area contributed by atoms with Gasteiger partial charge in [-0.05, 0) is 11.4 Å². The van der Waals surface area contributed by atoms with Crippen molar-refractivity contribution in [1.29, 1.82) is 0 Å². The van der Waals surface area contributed by atoms with Gasteiger partial charge in [0.05, 0.1) is 13.0 Å². The maximum Gasteiger partial charge on any atom is 0.234 e. The summed E-state index contributed by atoms with van der Waals surface area (Å²) in [6.45, 7) is 0.429. The van der Waals surface area contributed by atoms with E-state index in [4.69, 9.17) is 0 Å². The van der Waals surface area contributed by atoms with Gasteiger partial charge in [0.1, 0.15) is 11.3 Å². The highest BCUT2D eigenvalue weighted by Crippen LogP contribution is 2.12. The minimum absolute atomic E-state index is 0.00316. The summed E-state index contributed by atoms with van der Waals surface area (Å²) in [5.74, 6) is 0.00316. The van der Waals surface area contributed by atoms with Crippen molar-refractivity contribution in [3.8, 4) is 0 Å². The van der Waals surface area contributed by atoms with Gasteiger partial charge in [0.15, 0.2) is 0 Å². The van der Waals surface area contributed by atoms with Crippen molar-refractivity contribution in [3.05, 3.63) is 33.7 Å². The van der Waals surface area contributed by atoms with Gasteiger partial charge in [-0.1, -0.05) is 17.4 Å². The summed E-state index contributed by atoms with van der Waals surface area (Å²) in [5, 5.41) is 17.5. The molecule has 3 aromatic heterocycles. The van der Waals surface area contributed by atoms with Gasteiger partial charge in [0.2, 0.25) is 10.9 Å². The molecule has 0 spiro atoms. The van der Waals surface area contributed by atoms with Crippen LogP contribution in [-0.2, 0) is 17.8 Å². The Balaban J connectivity index is 1.57. The van der Waals surface area contributed by atoms with E-state index < -0.39 is 0 Å². The molecule has 3 aromatic rings. The maximum atomic E-state index is 11.7. The number of carbonyl (C=O) groups excluding carboxylic acids is 1. The van der Waals surface area contributed by atoms with Crippen LogP contribution in [0.2, 0.25) is 0 Å². The third-order valence-electron chi connectivity index (χ3n) is 2.28. The van der Waals surface area contributed by atoms with Gasteiger partial charge >= 0.3 is 0 Å². The fraction of sp³-hybridized carbons (Fsp3) is 0.200. The van der Waals surface area contributed by atoms with Gasteiger partial charge in [0.25, 0.3) is 0 Å². The van der Waals surface area contributed by atoms with Crippen LogP contribution in [0.15, 0.2) is 23.8 Å². The summed E-state index contributed by atoms with van der Waals surface area (Å²) in [7, 11) is 0. The van der Waals surface area contributed by atoms with E-state index in [1.54, 1.807) is 22.2 Å². The molecule has 0 aliphatic carbocycles. The lowest BCUT2D eigenvalue weighted by molar-refractivity contribution is -0.120. The highest BCUT2D eigenvalue weighted by Gasteiger charge is 2.08. The van der Waals surface area contributed by atoms with E-state index in [2.05, 4.69) is 20.6 Å². The third kappa shape index (κ3) is 2.39. The molecule has 1 amide bonds. The molecule has 18 heavy (non-hydrogen) atoms. The Hall–Kier alpha value is -1.80. The minimum Gasteiger partial charge on any atom is -0.349 e. The monoisotopic (exact) mass is 279 g/mol. The zero-order chi connectivity index (χ0) is 12.4. The smallest absolute Gasteiger partial charge is 0.234 e. The van der Waals surface area contributed by atoms with Gasteiger partial charge in [-0.25, -0.2) is 0 Å². The third-order valence-corrected chi connectivity index (χ3v) is 4.07. The largest absolute Gasteiger partial charge is 0.349 e. The van der Waals surface area contributed by atoms with E-state index >= 15 is 0 Å². The fourth-order valence-corrected chi connectivity index (χ4v) is 2.94. The summed E-state index contributed by atoms with van der Waals surface area (Å²) in [5.41, 5.74) is 0. The molecule has 0 aliphatic rings. The quantitative estimate of drug-likeness (QED) is 0.776. The van der Waals surface area contributed by atoms with Gasteiger partial charge in [0, 0.05) is 4.88 Å². The summed E-state index contributed by atoms with van der Waals surface area (Å²) in [6.07, 6.45) is 1.96. The van der Waals surface area contributed by atoms with Crippen molar-refractivity contribution < 1.29 is 4.79 Å². The number of nitrogens with one attached hydrogen (secondary N) is 1. The van der Waals surface area contributed by atoms with Gasteiger partial charge in [-0.2, -0.15) is 9.61 Å². The molecule has 1 N–H and O–H groups in total. The van der Waals surface area contributed by atoms with Gasteiger partial charge < -0.3 is 5.32 Å². The van der Waals surface area contributed by atoms with Crippen molar-refractivity contribution in [1.82, 2.24) is 25.1 Å². The Bertz CT molecular complexity index is 628. The van der Waals surface area contributed by atoms with Gasteiger partial charge in [-0.15, -0.1) is 21.5 Å². The molecule has 0 aliphatic heterocycles. The SMILES string of the molecule is O=C(Cc1cccs1)NCc1nn2cnnc2s1. The molecule has 0 unspecified atom stereocenters. The molecule has 0 saturated carbocycles. The van der Waals surface area contributed by atoms with Crippen molar-refractivity contribution in [3.63, 3.8) is 0 Å². The van der Waals surface area contributed by atoms with Crippen LogP contribution < -0.4 is 5.32 Å². The number of hydrogen-bond acceptors (Lipinski definition) is 6. The van der Waals surface area contributed by atoms with Crippen LogP contribution in [0.3, 0.4) is 0 Å². The predicted octanol–water partition coefficient (Wildman–Crippen LogP) is 1.11. The van der Waals surface area contributed by atoms with Crippen LogP contribution in [0.1, 0.15) is 9.88 Å². The highest BCUT2D eigenvalue weighted by atomic mass is 32.1. The number of rotatable bonds is 4. The second-order valence-corrected chi connectivity index (χ2v) is 5.66. The Morgan fingerprint density at radius 2 is 2.44 bits per heavy atom. The summed E-state index contributed by atoms with van der Waals surface area (Å²) in [4.78, 5) is 13.5. The molecular weight excluding hydrogens is 270 g/mol. The first-order valence-corrected chi connectivity index (χ1v) is 6.96. The normalized spacial score (nSPS) is 10.9. The Morgan fingerprint density at radius 1 is 1.50 bits per heavy atom. The molecule has 8 heteroatoms. The maximum absolute atomic E-state index is 11.7. The van der Waals surface area contributed by atoms with Crippen molar-refractivity contribution in [2.24, 2.45) is 0 Å². The minimum atomic E-state index is 0.00316. The average molecular weight is 279 g/mol. The molecule has 3 rings (SSSR count). The molecule has 92 valence electrons. The molecule has 0 bridgehead atoms. The van der Waals surface area contributed by atoms with Crippen molar-refractivity contribution in [2.45, 2.75) is 13.0 Å². The molecule has 0 aromatic carbocycles. The Kier molecular flexibility index (Phi) is 3.03. The summed E-state index contributed by atoms with van der Waals surface area (Å²) >= 11 is 3.00. The lowest BCUT2D eigenvalue weighted by Gasteiger charge is -2.00. The van der Waals surface area contributed by atoms with Crippen molar-refractivity contribution >= 4 is 33.5 Å². The number of thiophene rings is 1. The van der Waals surface area contributed by atoms with Crippen LogP contribution in [0.25, 0.3) is 4.96 Å². The standard InChI is InChI=1S/C10H9N5OS2/c16-8(4-7-2-1-3-17-7)11-5-9-14-15-6-12-13-10(15)18-9/h1-3,6H,4-5H2,(H,11,16). The number of nitrogens with zero attached hydrogens (tertiary/aromatic N) is 4. The number of fused-ring (bicyclic) bond motifs is 1. The van der Waals surface area contributed by atoms with Crippen LogP contribution in [-0.4, -0.2) is 25.7 Å². The molecule has 0 saturated heterocycles. The van der Waals surface area contributed by atoms with E-state index in [1.165, 1.54) is 11.3 Å². The summed E-state index contributed by atoms with van der Waals surface area (Å²) < 4.78 is 1.60. The first kappa shape index (κ1) is 11.3. The second kappa shape index (κ2) is 4.83. The van der Waals surface area contributed by atoms with E-state index in [0.717, 1.165) is 14.8 Å². The van der Waals surface area contributed by atoms with Crippen LogP contribution in [0.4, 0.5) is 0 Å². The van der Waals surface area contributed by atoms with Crippen LogP contribution in [0.5, 0.6) is 0 Å². The molecule has 0 atom stereocenters. The van der Waals surface area contributed by atoms with E-state index in [-0.39, 0.29) is 5.91 Å². The molecule has 0 radical (unpaired) electrons. The lowest BCUT2D eigenvalue weighted by Crippen LogP contribution is -2.24. The van der Waals surface area contributed by atoms with E-state index in [0.29, 0.717) is 13.0 Å². The first-order valence-electron chi connectivity index (χ1n) is 5.26. The number of hydrogen-bond donors (Lipinski definition) is 1.